The summed E-state index contributed by atoms with van der Waals surface area (Å²) in [4.78, 5) is 40.0. The van der Waals surface area contributed by atoms with Gasteiger partial charge in [-0.3, -0.25) is 14.4 Å². The number of methoxy groups -OCH3 is 2. The van der Waals surface area contributed by atoms with Crippen LogP contribution in [0.5, 0.6) is 11.5 Å². The van der Waals surface area contributed by atoms with E-state index in [2.05, 4.69) is 16.0 Å². The van der Waals surface area contributed by atoms with Gasteiger partial charge in [0.25, 0.3) is 11.8 Å². The molecule has 0 radical (unpaired) electrons. The second-order valence-corrected chi connectivity index (χ2v) is 10.5. The van der Waals surface area contributed by atoms with E-state index in [1.54, 1.807) is 79.9 Å². The van der Waals surface area contributed by atoms with Crippen molar-refractivity contribution in [3.63, 3.8) is 0 Å². The first-order chi connectivity index (χ1) is 20.4. The zero-order valence-electron chi connectivity index (χ0n) is 23.4. The summed E-state index contributed by atoms with van der Waals surface area (Å²) in [6.07, 6.45) is 1.54. The van der Waals surface area contributed by atoms with Crippen molar-refractivity contribution in [1.29, 1.82) is 0 Å². The second-order valence-electron chi connectivity index (χ2n) is 9.08. The summed E-state index contributed by atoms with van der Waals surface area (Å²) in [5.74, 6) is -0.0526. The van der Waals surface area contributed by atoms with Crippen molar-refractivity contribution in [3.05, 3.63) is 120 Å². The molecule has 4 aromatic rings. The minimum absolute atomic E-state index is 0.0148. The fourth-order valence-electron chi connectivity index (χ4n) is 3.90. The van der Waals surface area contributed by atoms with Crippen LogP contribution >= 0.6 is 11.8 Å². The summed E-state index contributed by atoms with van der Waals surface area (Å²) in [6, 6.07) is 30.2. The molecule has 0 aliphatic rings. The van der Waals surface area contributed by atoms with Gasteiger partial charge in [-0.1, -0.05) is 42.5 Å². The van der Waals surface area contributed by atoms with Crippen molar-refractivity contribution in [2.24, 2.45) is 0 Å². The van der Waals surface area contributed by atoms with Crippen LogP contribution in [0.1, 0.15) is 22.8 Å². The second kappa shape index (κ2) is 14.6. The number of hydrogen-bond acceptors (Lipinski definition) is 6. The Balaban J connectivity index is 1.54. The van der Waals surface area contributed by atoms with Crippen molar-refractivity contribution in [3.8, 4) is 11.5 Å². The fourth-order valence-corrected chi connectivity index (χ4v) is 4.83. The number of thioether (sulfide) groups is 1. The number of carbonyl (C=O) groups excluding carboxylic acids is 3. The first-order valence-corrected chi connectivity index (χ1v) is 14.0. The van der Waals surface area contributed by atoms with Gasteiger partial charge in [0.05, 0.1) is 19.5 Å². The van der Waals surface area contributed by atoms with Crippen molar-refractivity contribution < 1.29 is 23.9 Å². The van der Waals surface area contributed by atoms with Crippen molar-refractivity contribution >= 4 is 46.9 Å². The lowest BCUT2D eigenvalue weighted by molar-refractivity contribution is -0.115. The number of amides is 3. The number of para-hydroxylation sites is 1. The number of carbonyl (C=O) groups is 3. The molecule has 8 nitrogen and oxygen atoms in total. The van der Waals surface area contributed by atoms with E-state index in [0.29, 0.717) is 28.3 Å². The Morgan fingerprint density at radius 3 is 2.14 bits per heavy atom. The molecule has 0 saturated heterocycles. The molecule has 4 aromatic carbocycles. The Labute approximate surface area is 249 Å². The Kier molecular flexibility index (Phi) is 10.4. The van der Waals surface area contributed by atoms with E-state index in [1.165, 1.54) is 18.9 Å². The Bertz CT molecular complexity index is 1580. The Morgan fingerprint density at radius 2 is 1.45 bits per heavy atom. The Morgan fingerprint density at radius 1 is 0.762 bits per heavy atom. The molecular weight excluding hydrogens is 550 g/mol. The van der Waals surface area contributed by atoms with Gasteiger partial charge in [-0.25, -0.2) is 0 Å². The predicted octanol–water partition coefficient (Wildman–Crippen LogP) is 6.23. The van der Waals surface area contributed by atoms with Crippen LogP contribution in [0, 0.1) is 0 Å². The average Bonchev–Trinajstić information content (AvgIpc) is 3.01. The van der Waals surface area contributed by atoms with E-state index in [0.717, 1.165) is 10.6 Å². The van der Waals surface area contributed by atoms with Crippen LogP contribution in [-0.4, -0.2) is 37.2 Å². The Hall–Kier alpha value is -5.02. The zero-order valence-corrected chi connectivity index (χ0v) is 24.2. The van der Waals surface area contributed by atoms with Gasteiger partial charge in [-0.15, -0.1) is 11.8 Å². The molecule has 3 amide bonds. The highest BCUT2D eigenvalue weighted by molar-refractivity contribution is 8.00. The van der Waals surface area contributed by atoms with Crippen molar-refractivity contribution in [1.82, 2.24) is 5.32 Å². The molecule has 3 N–H and O–H groups in total. The summed E-state index contributed by atoms with van der Waals surface area (Å²) < 4.78 is 10.8. The molecule has 4 rings (SSSR count). The van der Waals surface area contributed by atoms with Crippen LogP contribution in [0.15, 0.2) is 114 Å². The minimum Gasteiger partial charge on any atom is -0.497 e. The van der Waals surface area contributed by atoms with Gasteiger partial charge < -0.3 is 25.4 Å². The molecule has 0 fully saturated rings. The van der Waals surface area contributed by atoms with Crippen molar-refractivity contribution in [2.75, 3.05) is 24.9 Å². The highest BCUT2D eigenvalue weighted by atomic mass is 32.2. The maximum Gasteiger partial charge on any atom is 0.272 e. The average molecular weight is 582 g/mol. The smallest absolute Gasteiger partial charge is 0.272 e. The standard InChI is InChI=1S/C33H31N3O5S/c1-22(31(37)34-25-13-8-5-9-14-25)42-28-16-10-15-26(20-28)35-33(39)29(36-32(38)23-11-6-4-7-12-23)19-24-17-18-27(40-2)21-30(24)41-3/h4-22H,1-3H3,(H,34,37)(H,35,39)(H,36,38)/b29-19+. The van der Waals surface area contributed by atoms with Crippen LogP contribution in [0.3, 0.4) is 0 Å². The molecule has 0 aliphatic carbocycles. The molecule has 0 saturated carbocycles. The van der Waals surface area contributed by atoms with Gasteiger partial charge in [0, 0.05) is 33.5 Å². The van der Waals surface area contributed by atoms with E-state index in [9.17, 15) is 14.4 Å². The van der Waals surface area contributed by atoms with Gasteiger partial charge in [0.2, 0.25) is 5.91 Å². The van der Waals surface area contributed by atoms with Gasteiger partial charge in [-0.2, -0.15) is 0 Å². The monoisotopic (exact) mass is 581 g/mol. The molecular formula is C33H31N3O5S. The SMILES string of the molecule is COc1ccc(/C=C(/NC(=O)c2ccccc2)C(=O)Nc2cccc(SC(C)C(=O)Nc3ccccc3)c2)c(OC)c1. The third-order valence-electron chi connectivity index (χ3n) is 6.08. The van der Waals surface area contributed by atoms with Gasteiger partial charge in [0.15, 0.2) is 0 Å². The maximum atomic E-state index is 13.5. The first-order valence-electron chi connectivity index (χ1n) is 13.1. The van der Waals surface area contributed by atoms with Crippen LogP contribution in [-0.2, 0) is 9.59 Å². The van der Waals surface area contributed by atoms with Gasteiger partial charge in [0.1, 0.15) is 17.2 Å². The van der Waals surface area contributed by atoms with Crippen molar-refractivity contribution in [2.45, 2.75) is 17.1 Å². The number of benzene rings is 4. The molecule has 0 heterocycles. The van der Waals surface area contributed by atoms with Crippen LogP contribution in [0.25, 0.3) is 6.08 Å². The lowest BCUT2D eigenvalue weighted by Gasteiger charge is -2.15. The van der Waals surface area contributed by atoms with E-state index in [-0.39, 0.29) is 16.9 Å². The largest absolute Gasteiger partial charge is 0.497 e. The van der Waals surface area contributed by atoms with E-state index in [4.69, 9.17) is 9.47 Å². The molecule has 214 valence electrons. The molecule has 0 aliphatic heterocycles. The molecule has 0 bridgehead atoms. The van der Waals surface area contributed by atoms with E-state index >= 15 is 0 Å². The quantitative estimate of drug-likeness (QED) is 0.143. The molecule has 0 spiro atoms. The number of rotatable bonds is 11. The lowest BCUT2D eigenvalue weighted by atomic mass is 10.1. The van der Waals surface area contributed by atoms with E-state index < -0.39 is 11.8 Å². The summed E-state index contributed by atoms with van der Waals surface area (Å²) in [5, 5.41) is 8.10. The van der Waals surface area contributed by atoms with E-state index in [1.807, 2.05) is 43.3 Å². The zero-order chi connectivity index (χ0) is 29.9. The summed E-state index contributed by atoms with van der Waals surface area (Å²) in [6.45, 7) is 1.82. The number of anilines is 2. The van der Waals surface area contributed by atoms with Crippen LogP contribution in [0.2, 0.25) is 0 Å². The third kappa shape index (κ3) is 8.25. The minimum atomic E-state index is -0.533. The van der Waals surface area contributed by atoms with Gasteiger partial charge >= 0.3 is 0 Å². The number of hydrogen-bond donors (Lipinski definition) is 3. The topological polar surface area (TPSA) is 106 Å². The summed E-state index contributed by atoms with van der Waals surface area (Å²) >= 11 is 1.36. The number of ether oxygens (including phenoxy) is 2. The lowest BCUT2D eigenvalue weighted by Crippen LogP contribution is -2.30. The molecule has 1 atom stereocenters. The predicted molar refractivity (Wildman–Crippen MR) is 167 cm³/mol. The number of nitrogens with one attached hydrogen (secondary N) is 3. The highest BCUT2D eigenvalue weighted by Crippen LogP contribution is 2.28. The van der Waals surface area contributed by atoms with Gasteiger partial charge in [-0.05, 0) is 67.6 Å². The molecule has 42 heavy (non-hydrogen) atoms. The third-order valence-corrected chi connectivity index (χ3v) is 7.18. The first kappa shape index (κ1) is 30.0. The highest BCUT2D eigenvalue weighted by Gasteiger charge is 2.18. The molecule has 1 unspecified atom stereocenters. The normalized spacial score (nSPS) is 11.6. The maximum absolute atomic E-state index is 13.5. The molecule has 0 aromatic heterocycles. The summed E-state index contributed by atoms with van der Waals surface area (Å²) in [7, 11) is 3.06. The fraction of sp³-hybridized carbons (Fsp3) is 0.121. The van der Waals surface area contributed by atoms with Crippen LogP contribution < -0.4 is 25.4 Å². The summed E-state index contributed by atoms with van der Waals surface area (Å²) in [5.41, 5.74) is 2.21. The van der Waals surface area contributed by atoms with Crippen LogP contribution in [0.4, 0.5) is 11.4 Å². The molecule has 9 heteroatoms.